The lowest BCUT2D eigenvalue weighted by molar-refractivity contribution is 0.636. The van der Waals surface area contributed by atoms with Crippen LogP contribution in [0.5, 0.6) is 0 Å². The average molecular weight is 489 g/mol. The van der Waals surface area contributed by atoms with E-state index < -0.39 is 0 Å². The van der Waals surface area contributed by atoms with Crippen LogP contribution in [-0.2, 0) is 0 Å². The summed E-state index contributed by atoms with van der Waals surface area (Å²) in [6.07, 6.45) is 3.62. The molecule has 4 aromatic carbocycles. The molecule has 0 aliphatic carbocycles. The number of anilines is 3. The van der Waals surface area contributed by atoms with Crippen molar-refractivity contribution in [3.8, 4) is 11.3 Å². The van der Waals surface area contributed by atoms with Crippen molar-refractivity contribution in [2.75, 3.05) is 4.90 Å². The van der Waals surface area contributed by atoms with Gasteiger partial charge in [-0.25, -0.2) is 4.98 Å². The number of aromatic nitrogens is 2. The first-order valence-electron chi connectivity index (χ1n) is 12.6. The quantitative estimate of drug-likeness (QED) is 0.288. The molecule has 0 N–H and O–H groups in total. The Bertz CT molecular complexity index is 1860. The van der Waals surface area contributed by atoms with Gasteiger partial charge in [0.25, 0.3) is 0 Å². The van der Waals surface area contributed by atoms with Gasteiger partial charge < -0.3 is 8.83 Å². The summed E-state index contributed by atoms with van der Waals surface area (Å²) in [5.74, 6) is 0.707. The molecular formula is C32H20BN3O2. The smallest absolute Gasteiger partial charge is 0.338 e. The zero-order valence-electron chi connectivity index (χ0n) is 20.3. The highest BCUT2D eigenvalue weighted by Gasteiger charge is 2.44. The van der Waals surface area contributed by atoms with Crippen LogP contribution in [0.4, 0.5) is 17.2 Å². The number of fused-ring (bicyclic) bond motifs is 6. The minimum absolute atomic E-state index is 0.206. The number of nitrogens with zero attached hydrogens (tertiary/aromatic N) is 3. The molecule has 0 fully saturated rings. The van der Waals surface area contributed by atoms with Crippen LogP contribution in [0, 0.1) is 0 Å². The Kier molecular flexibility index (Phi) is 4.55. The third-order valence-corrected chi connectivity index (χ3v) is 7.22. The SMILES string of the molecule is c1ccc(B2c3oc4ccccc4c3N(c3cncc(-c4ccccc4)n3)c3c2oc2ccccc32)cc1. The molecule has 5 nitrogen and oxygen atoms in total. The summed E-state index contributed by atoms with van der Waals surface area (Å²) >= 11 is 0. The van der Waals surface area contributed by atoms with E-state index in [-0.39, 0.29) is 6.71 Å². The predicted molar refractivity (Wildman–Crippen MR) is 153 cm³/mol. The standard InChI is InChI=1S/C32H20BN3O2/c1-3-11-21(12-4-1)25-19-34-20-28(35-25)36-29-23-15-7-9-17-26(23)37-31(29)33(22-13-5-2-6-14-22)32-30(36)24-16-8-10-18-27(24)38-32/h1-20H. The van der Waals surface area contributed by atoms with Gasteiger partial charge in [-0.3, -0.25) is 9.88 Å². The minimum atomic E-state index is -0.206. The summed E-state index contributed by atoms with van der Waals surface area (Å²) < 4.78 is 13.3. The third kappa shape index (κ3) is 3.07. The predicted octanol–water partition coefficient (Wildman–Crippen LogP) is 5.94. The number of hydrogen-bond acceptors (Lipinski definition) is 5. The molecule has 38 heavy (non-hydrogen) atoms. The second-order valence-corrected chi connectivity index (χ2v) is 9.43. The fraction of sp³-hybridized carbons (Fsp3) is 0. The molecule has 6 heteroatoms. The maximum Gasteiger partial charge on any atom is 0.338 e. The first kappa shape index (κ1) is 21.0. The van der Waals surface area contributed by atoms with Gasteiger partial charge in [-0.2, -0.15) is 0 Å². The first-order valence-corrected chi connectivity index (χ1v) is 12.6. The van der Waals surface area contributed by atoms with Crippen LogP contribution >= 0.6 is 0 Å². The molecule has 0 saturated heterocycles. The molecule has 0 radical (unpaired) electrons. The van der Waals surface area contributed by atoms with E-state index in [0.717, 1.165) is 61.4 Å². The van der Waals surface area contributed by atoms with Gasteiger partial charge in [0.1, 0.15) is 22.5 Å². The monoisotopic (exact) mass is 489 g/mol. The Balaban J connectivity index is 1.47. The van der Waals surface area contributed by atoms with Gasteiger partial charge in [0, 0.05) is 16.3 Å². The minimum Gasteiger partial charge on any atom is -0.468 e. The van der Waals surface area contributed by atoms with Crippen LogP contribution < -0.4 is 21.7 Å². The molecule has 7 aromatic rings. The fourth-order valence-corrected chi connectivity index (χ4v) is 5.57. The first-order chi connectivity index (χ1) is 18.9. The lowest BCUT2D eigenvalue weighted by Crippen LogP contribution is -2.56. The van der Waals surface area contributed by atoms with E-state index in [9.17, 15) is 0 Å². The van der Waals surface area contributed by atoms with Crippen molar-refractivity contribution in [1.82, 2.24) is 9.97 Å². The van der Waals surface area contributed by atoms with Gasteiger partial charge in [-0.05, 0) is 24.3 Å². The number of hydrogen-bond donors (Lipinski definition) is 0. The molecule has 4 heterocycles. The van der Waals surface area contributed by atoms with Crippen LogP contribution in [-0.4, -0.2) is 16.7 Å². The Morgan fingerprint density at radius 1 is 0.579 bits per heavy atom. The van der Waals surface area contributed by atoms with Gasteiger partial charge in [-0.15, -0.1) is 0 Å². The van der Waals surface area contributed by atoms with Crippen molar-refractivity contribution < 1.29 is 8.83 Å². The van der Waals surface area contributed by atoms with Crippen molar-refractivity contribution in [3.63, 3.8) is 0 Å². The highest BCUT2D eigenvalue weighted by atomic mass is 16.4. The third-order valence-electron chi connectivity index (χ3n) is 7.22. The van der Waals surface area contributed by atoms with Crippen LogP contribution in [0.15, 0.2) is 130 Å². The normalized spacial score (nSPS) is 12.6. The highest BCUT2D eigenvalue weighted by Crippen LogP contribution is 2.44. The summed E-state index contributed by atoms with van der Waals surface area (Å²) in [5.41, 5.74) is 8.16. The number of para-hydroxylation sites is 2. The molecule has 0 bridgehead atoms. The molecule has 1 aliphatic heterocycles. The molecule has 1 aliphatic rings. The van der Waals surface area contributed by atoms with E-state index in [0.29, 0.717) is 5.82 Å². The van der Waals surface area contributed by atoms with Crippen molar-refractivity contribution in [1.29, 1.82) is 0 Å². The topological polar surface area (TPSA) is 55.3 Å². The summed E-state index contributed by atoms with van der Waals surface area (Å²) in [6, 6.07) is 36.9. The molecule has 8 rings (SSSR count). The molecule has 0 saturated carbocycles. The summed E-state index contributed by atoms with van der Waals surface area (Å²) in [5, 5.41) is 2.04. The number of rotatable bonds is 3. The van der Waals surface area contributed by atoms with Gasteiger partial charge in [0.15, 0.2) is 5.82 Å². The van der Waals surface area contributed by atoms with Gasteiger partial charge in [-0.1, -0.05) is 90.4 Å². The summed E-state index contributed by atoms with van der Waals surface area (Å²) in [4.78, 5) is 11.9. The fourth-order valence-electron chi connectivity index (χ4n) is 5.57. The van der Waals surface area contributed by atoms with E-state index >= 15 is 0 Å². The van der Waals surface area contributed by atoms with Gasteiger partial charge >= 0.3 is 6.71 Å². The Morgan fingerprint density at radius 2 is 1.13 bits per heavy atom. The highest BCUT2D eigenvalue weighted by molar-refractivity contribution is 6.97. The Hall–Kier alpha value is -5.10. The lowest BCUT2D eigenvalue weighted by Gasteiger charge is -2.30. The Morgan fingerprint density at radius 3 is 1.76 bits per heavy atom. The lowest BCUT2D eigenvalue weighted by atomic mass is 9.39. The molecule has 0 atom stereocenters. The zero-order valence-corrected chi connectivity index (χ0v) is 20.3. The maximum absolute atomic E-state index is 6.63. The number of benzene rings is 4. The van der Waals surface area contributed by atoms with Crippen LogP contribution in [0.1, 0.15) is 0 Å². The summed E-state index contributed by atoms with van der Waals surface area (Å²) in [7, 11) is 0. The van der Waals surface area contributed by atoms with Crippen molar-refractivity contribution in [2.45, 2.75) is 0 Å². The maximum atomic E-state index is 6.63. The molecular weight excluding hydrogens is 469 g/mol. The van der Waals surface area contributed by atoms with Crippen LogP contribution in [0.25, 0.3) is 33.2 Å². The van der Waals surface area contributed by atoms with Gasteiger partial charge in [0.05, 0.1) is 29.5 Å². The van der Waals surface area contributed by atoms with Crippen molar-refractivity contribution >= 4 is 62.6 Å². The average Bonchev–Trinajstić information content (AvgIpc) is 3.56. The zero-order chi connectivity index (χ0) is 25.1. The van der Waals surface area contributed by atoms with E-state index in [2.05, 4.69) is 46.3 Å². The van der Waals surface area contributed by atoms with E-state index in [4.69, 9.17) is 13.8 Å². The van der Waals surface area contributed by atoms with E-state index in [1.807, 2.05) is 79.0 Å². The van der Waals surface area contributed by atoms with Crippen molar-refractivity contribution in [3.05, 3.63) is 122 Å². The molecule has 0 spiro atoms. The van der Waals surface area contributed by atoms with Crippen LogP contribution in [0.2, 0.25) is 0 Å². The molecule has 0 amide bonds. The van der Waals surface area contributed by atoms with Gasteiger partial charge in [0.2, 0.25) is 0 Å². The molecule has 0 unspecified atom stereocenters. The van der Waals surface area contributed by atoms with E-state index in [1.165, 1.54) is 0 Å². The van der Waals surface area contributed by atoms with Crippen molar-refractivity contribution in [2.24, 2.45) is 0 Å². The van der Waals surface area contributed by atoms with E-state index in [1.54, 1.807) is 6.20 Å². The Labute approximate surface area is 219 Å². The van der Waals surface area contributed by atoms with Crippen LogP contribution in [0.3, 0.4) is 0 Å². The second kappa shape index (κ2) is 8.22. The number of furan rings is 2. The largest absolute Gasteiger partial charge is 0.468 e. The molecule has 178 valence electrons. The molecule has 3 aromatic heterocycles. The second-order valence-electron chi connectivity index (χ2n) is 9.43. The summed E-state index contributed by atoms with van der Waals surface area (Å²) in [6.45, 7) is -0.206.